The SMILES string of the molecule is O=C(Nc1cccc(CC2CCNCC2)n1)c1c(F)cc(F)cc1F. The van der Waals surface area contributed by atoms with E-state index in [0.29, 0.717) is 18.1 Å². The summed E-state index contributed by atoms with van der Waals surface area (Å²) >= 11 is 0. The average molecular weight is 349 g/mol. The minimum absolute atomic E-state index is 0.208. The summed E-state index contributed by atoms with van der Waals surface area (Å²) < 4.78 is 40.3. The first kappa shape index (κ1) is 17.4. The van der Waals surface area contributed by atoms with E-state index in [-0.39, 0.29) is 5.82 Å². The number of benzene rings is 1. The maximum atomic E-state index is 13.7. The molecule has 132 valence electrons. The molecule has 0 radical (unpaired) electrons. The predicted octanol–water partition coefficient (Wildman–Crippen LogP) is 3.29. The molecule has 0 bridgehead atoms. The number of nitrogens with one attached hydrogen (secondary N) is 2. The van der Waals surface area contributed by atoms with E-state index < -0.39 is 28.9 Å². The first-order chi connectivity index (χ1) is 12.0. The van der Waals surface area contributed by atoms with E-state index in [4.69, 9.17) is 0 Å². The molecule has 2 N–H and O–H groups in total. The van der Waals surface area contributed by atoms with Crippen molar-refractivity contribution in [1.82, 2.24) is 10.3 Å². The highest BCUT2D eigenvalue weighted by molar-refractivity contribution is 6.04. The van der Waals surface area contributed by atoms with Gasteiger partial charge < -0.3 is 10.6 Å². The minimum atomic E-state index is -1.25. The van der Waals surface area contributed by atoms with Crippen molar-refractivity contribution in [2.75, 3.05) is 18.4 Å². The number of pyridine rings is 1. The van der Waals surface area contributed by atoms with Crippen LogP contribution < -0.4 is 10.6 Å². The number of aromatic nitrogens is 1. The van der Waals surface area contributed by atoms with Gasteiger partial charge >= 0.3 is 0 Å². The van der Waals surface area contributed by atoms with Gasteiger partial charge in [-0.1, -0.05) is 6.07 Å². The number of anilines is 1. The van der Waals surface area contributed by atoms with Crippen LogP contribution in [0.3, 0.4) is 0 Å². The fourth-order valence-electron chi connectivity index (χ4n) is 2.98. The van der Waals surface area contributed by atoms with Crippen LogP contribution in [0, 0.1) is 23.4 Å². The summed E-state index contributed by atoms with van der Waals surface area (Å²) in [6.45, 7) is 1.95. The van der Waals surface area contributed by atoms with Crippen molar-refractivity contribution < 1.29 is 18.0 Å². The molecule has 1 aromatic heterocycles. The smallest absolute Gasteiger partial charge is 0.262 e. The molecule has 1 fully saturated rings. The number of carbonyl (C=O) groups excluding carboxylic acids is 1. The largest absolute Gasteiger partial charge is 0.317 e. The van der Waals surface area contributed by atoms with Crippen molar-refractivity contribution in [2.45, 2.75) is 19.3 Å². The van der Waals surface area contributed by atoms with Gasteiger partial charge in [0.1, 0.15) is 28.8 Å². The normalized spacial score (nSPS) is 15.2. The molecule has 1 aliphatic heterocycles. The van der Waals surface area contributed by atoms with E-state index in [0.717, 1.165) is 38.0 Å². The Bertz CT molecular complexity index is 753. The Balaban J connectivity index is 1.72. The summed E-state index contributed by atoms with van der Waals surface area (Å²) in [5.41, 5.74) is -0.0169. The molecular weight excluding hydrogens is 331 g/mol. The van der Waals surface area contributed by atoms with Crippen molar-refractivity contribution in [3.63, 3.8) is 0 Å². The summed E-state index contributed by atoms with van der Waals surface area (Å²) in [4.78, 5) is 16.4. The molecule has 0 unspecified atom stereocenters. The highest BCUT2D eigenvalue weighted by atomic mass is 19.1. The quantitative estimate of drug-likeness (QED) is 0.891. The highest BCUT2D eigenvalue weighted by Gasteiger charge is 2.20. The third kappa shape index (κ3) is 4.36. The van der Waals surface area contributed by atoms with E-state index in [2.05, 4.69) is 15.6 Å². The zero-order valence-corrected chi connectivity index (χ0v) is 13.5. The van der Waals surface area contributed by atoms with E-state index in [1.807, 2.05) is 6.07 Å². The Kier molecular flexibility index (Phi) is 5.33. The predicted molar refractivity (Wildman–Crippen MR) is 87.8 cm³/mol. The Labute approximate surface area is 143 Å². The second-order valence-corrected chi connectivity index (χ2v) is 6.11. The molecule has 0 saturated carbocycles. The number of piperidine rings is 1. The molecule has 2 aromatic rings. The number of halogens is 3. The van der Waals surface area contributed by atoms with Gasteiger partial charge in [0.2, 0.25) is 0 Å². The number of nitrogens with zero attached hydrogens (tertiary/aromatic N) is 1. The van der Waals surface area contributed by atoms with Gasteiger partial charge in [0.05, 0.1) is 0 Å². The van der Waals surface area contributed by atoms with Gasteiger partial charge in [-0.3, -0.25) is 4.79 Å². The van der Waals surface area contributed by atoms with Crippen LogP contribution in [-0.4, -0.2) is 24.0 Å². The molecular formula is C18H18F3N3O. The van der Waals surface area contributed by atoms with Crippen molar-refractivity contribution in [3.8, 4) is 0 Å². The first-order valence-corrected chi connectivity index (χ1v) is 8.15. The van der Waals surface area contributed by atoms with Gasteiger partial charge in [0.15, 0.2) is 0 Å². The van der Waals surface area contributed by atoms with Crippen LogP contribution in [0.15, 0.2) is 30.3 Å². The molecule has 1 saturated heterocycles. The van der Waals surface area contributed by atoms with Crippen molar-refractivity contribution in [1.29, 1.82) is 0 Å². The molecule has 4 nitrogen and oxygen atoms in total. The topological polar surface area (TPSA) is 54.0 Å². The number of hydrogen-bond donors (Lipinski definition) is 2. The van der Waals surface area contributed by atoms with Crippen LogP contribution in [0.4, 0.5) is 19.0 Å². The lowest BCUT2D eigenvalue weighted by atomic mass is 9.93. The van der Waals surface area contributed by atoms with Crippen LogP contribution in [0.5, 0.6) is 0 Å². The zero-order valence-electron chi connectivity index (χ0n) is 13.5. The number of amides is 1. The van der Waals surface area contributed by atoms with Crippen LogP contribution in [0.2, 0.25) is 0 Å². The van der Waals surface area contributed by atoms with Crippen LogP contribution >= 0.6 is 0 Å². The monoisotopic (exact) mass is 349 g/mol. The summed E-state index contributed by atoms with van der Waals surface area (Å²) in [6.07, 6.45) is 2.90. The van der Waals surface area contributed by atoms with E-state index in [1.165, 1.54) is 0 Å². The lowest BCUT2D eigenvalue weighted by Crippen LogP contribution is -2.28. The summed E-state index contributed by atoms with van der Waals surface area (Å²) in [5, 5.41) is 5.67. The van der Waals surface area contributed by atoms with Gasteiger partial charge in [0.25, 0.3) is 5.91 Å². The van der Waals surface area contributed by atoms with Crippen molar-refractivity contribution in [3.05, 3.63) is 59.0 Å². The van der Waals surface area contributed by atoms with Gasteiger partial charge in [-0.2, -0.15) is 0 Å². The Morgan fingerprint density at radius 1 is 1.16 bits per heavy atom. The Morgan fingerprint density at radius 2 is 1.84 bits per heavy atom. The number of hydrogen-bond acceptors (Lipinski definition) is 3. The average Bonchev–Trinajstić information content (AvgIpc) is 2.55. The molecule has 1 amide bonds. The molecule has 0 spiro atoms. The maximum absolute atomic E-state index is 13.7. The molecule has 7 heteroatoms. The molecule has 25 heavy (non-hydrogen) atoms. The lowest BCUT2D eigenvalue weighted by Gasteiger charge is -2.22. The van der Waals surface area contributed by atoms with Gasteiger partial charge in [0, 0.05) is 17.8 Å². The van der Waals surface area contributed by atoms with Crippen LogP contribution in [0.25, 0.3) is 0 Å². The molecule has 0 aliphatic carbocycles. The van der Waals surface area contributed by atoms with Gasteiger partial charge in [-0.05, 0) is 50.4 Å². The van der Waals surface area contributed by atoms with Gasteiger partial charge in [-0.15, -0.1) is 0 Å². The fourth-order valence-corrected chi connectivity index (χ4v) is 2.98. The minimum Gasteiger partial charge on any atom is -0.317 e. The number of carbonyl (C=O) groups is 1. The second-order valence-electron chi connectivity index (χ2n) is 6.11. The lowest BCUT2D eigenvalue weighted by molar-refractivity contribution is 0.101. The summed E-state index contributed by atoms with van der Waals surface area (Å²) in [6, 6.07) is 6.08. The maximum Gasteiger partial charge on any atom is 0.262 e. The second kappa shape index (κ2) is 7.65. The van der Waals surface area contributed by atoms with E-state index in [9.17, 15) is 18.0 Å². The fraction of sp³-hybridized carbons (Fsp3) is 0.333. The molecule has 1 aromatic carbocycles. The standard InChI is InChI=1S/C18H18F3N3O/c19-12-9-14(20)17(15(21)10-12)18(25)24-16-3-1-2-13(23-16)8-11-4-6-22-7-5-11/h1-3,9-11,22H,4-8H2,(H,23,24,25). The molecule has 0 atom stereocenters. The van der Waals surface area contributed by atoms with Crippen LogP contribution in [0.1, 0.15) is 28.9 Å². The highest BCUT2D eigenvalue weighted by Crippen LogP contribution is 2.19. The summed E-state index contributed by atoms with van der Waals surface area (Å²) in [5.74, 6) is -3.84. The van der Waals surface area contributed by atoms with Crippen molar-refractivity contribution in [2.24, 2.45) is 5.92 Å². The zero-order chi connectivity index (χ0) is 17.8. The van der Waals surface area contributed by atoms with Crippen molar-refractivity contribution >= 4 is 11.7 Å². The number of rotatable bonds is 4. The van der Waals surface area contributed by atoms with E-state index in [1.54, 1.807) is 12.1 Å². The third-order valence-corrected chi connectivity index (χ3v) is 4.24. The van der Waals surface area contributed by atoms with E-state index >= 15 is 0 Å². The molecule has 1 aliphatic rings. The molecule has 3 rings (SSSR count). The van der Waals surface area contributed by atoms with Gasteiger partial charge in [-0.25, -0.2) is 18.2 Å². The third-order valence-electron chi connectivity index (χ3n) is 4.24. The molecule has 2 heterocycles. The summed E-state index contributed by atoms with van der Waals surface area (Å²) in [7, 11) is 0. The Morgan fingerprint density at radius 3 is 2.52 bits per heavy atom. The Hall–Kier alpha value is -2.41. The van der Waals surface area contributed by atoms with Crippen LogP contribution in [-0.2, 0) is 6.42 Å². The first-order valence-electron chi connectivity index (χ1n) is 8.15.